The number of carbonyl (C=O) groups is 3. The van der Waals surface area contributed by atoms with Crippen molar-refractivity contribution in [1.82, 2.24) is 14.8 Å². The Morgan fingerprint density at radius 2 is 1.76 bits per heavy atom. The van der Waals surface area contributed by atoms with Crippen LogP contribution in [0.25, 0.3) is 6.08 Å². The molecule has 3 rings (SSSR count). The molecular formula is C19H19N3O3. The Hall–Kier alpha value is -3.15. The normalized spacial score (nSPS) is 16.5. The number of aryl methyl sites for hydroxylation is 1. The van der Waals surface area contributed by atoms with Gasteiger partial charge in [0.2, 0.25) is 0 Å². The summed E-state index contributed by atoms with van der Waals surface area (Å²) in [5.41, 5.74) is 3.52. The van der Waals surface area contributed by atoms with Crippen molar-refractivity contribution < 1.29 is 14.4 Å². The van der Waals surface area contributed by atoms with Crippen molar-refractivity contribution in [2.45, 2.75) is 20.4 Å². The smallest absolute Gasteiger partial charge is 0.331 e. The van der Waals surface area contributed by atoms with Crippen molar-refractivity contribution >= 4 is 23.9 Å². The molecule has 0 saturated carbocycles. The van der Waals surface area contributed by atoms with Crippen LogP contribution in [0.5, 0.6) is 0 Å². The number of urea groups is 1. The Bertz CT molecular complexity index is 894. The second-order valence-electron chi connectivity index (χ2n) is 6.08. The van der Waals surface area contributed by atoms with Crippen LogP contribution in [0, 0.1) is 13.8 Å². The SMILES string of the molecule is Cc1cc(C=C2C(=O)NC(=O)N(Cc3ccccc3)C2=O)c(C)n1C. The van der Waals surface area contributed by atoms with Crippen LogP contribution < -0.4 is 5.32 Å². The minimum Gasteiger partial charge on any atom is -0.352 e. The van der Waals surface area contributed by atoms with Gasteiger partial charge in [0.25, 0.3) is 11.8 Å². The van der Waals surface area contributed by atoms with E-state index >= 15 is 0 Å². The Morgan fingerprint density at radius 1 is 1.08 bits per heavy atom. The van der Waals surface area contributed by atoms with E-state index in [1.165, 1.54) is 0 Å². The highest BCUT2D eigenvalue weighted by molar-refractivity contribution is 6.31. The predicted octanol–water partition coefficient (Wildman–Crippen LogP) is 2.30. The first-order valence-electron chi connectivity index (χ1n) is 7.94. The molecule has 0 bridgehead atoms. The third-order valence-corrected chi connectivity index (χ3v) is 4.48. The van der Waals surface area contributed by atoms with Crippen molar-refractivity contribution in [1.29, 1.82) is 0 Å². The standard InChI is InChI=1S/C19H19N3O3/c1-12-9-15(13(2)21(12)3)10-16-17(23)20-19(25)22(18(16)24)11-14-7-5-4-6-8-14/h4-10H,11H2,1-3H3,(H,20,23,25). The zero-order chi connectivity index (χ0) is 18.1. The Morgan fingerprint density at radius 3 is 2.36 bits per heavy atom. The largest absolute Gasteiger partial charge is 0.352 e. The minimum atomic E-state index is -0.697. The number of rotatable bonds is 3. The van der Waals surface area contributed by atoms with E-state index in [1.807, 2.05) is 61.9 Å². The van der Waals surface area contributed by atoms with Gasteiger partial charge < -0.3 is 4.57 Å². The average molecular weight is 337 g/mol. The highest BCUT2D eigenvalue weighted by Crippen LogP contribution is 2.20. The first kappa shape index (κ1) is 16.7. The summed E-state index contributed by atoms with van der Waals surface area (Å²) in [4.78, 5) is 38.0. The van der Waals surface area contributed by atoms with Gasteiger partial charge in [0, 0.05) is 18.4 Å². The number of nitrogens with one attached hydrogen (secondary N) is 1. The quantitative estimate of drug-likeness (QED) is 0.690. The van der Waals surface area contributed by atoms with Crippen LogP contribution in [-0.4, -0.2) is 27.3 Å². The number of nitrogens with zero attached hydrogens (tertiary/aromatic N) is 2. The monoisotopic (exact) mass is 337 g/mol. The molecule has 1 aliphatic rings. The summed E-state index contributed by atoms with van der Waals surface area (Å²) in [6.45, 7) is 3.98. The molecule has 2 heterocycles. The zero-order valence-electron chi connectivity index (χ0n) is 14.4. The van der Waals surface area contributed by atoms with Crippen LogP contribution in [0.1, 0.15) is 22.5 Å². The van der Waals surface area contributed by atoms with E-state index in [4.69, 9.17) is 0 Å². The molecular weight excluding hydrogens is 318 g/mol. The van der Waals surface area contributed by atoms with E-state index in [0.29, 0.717) is 0 Å². The third-order valence-electron chi connectivity index (χ3n) is 4.48. The predicted molar refractivity (Wildman–Crippen MR) is 93.4 cm³/mol. The number of hydrogen-bond acceptors (Lipinski definition) is 3. The molecule has 4 amide bonds. The summed E-state index contributed by atoms with van der Waals surface area (Å²) in [6.07, 6.45) is 1.55. The number of hydrogen-bond donors (Lipinski definition) is 1. The number of carbonyl (C=O) groups excluding carboxylic acids is 3. The molecule has 128 valence electrons. The molecule has 2 aromatic rings. The fourth-order valence-electron chi connectivity index (χ4n) is 2.79. The van der Waals surface area contributed by atoms with E-state index in [1.54, 1.807) is 6.08 Å². The molecule has 6 nitrogen and oxygen atoms in total. The topological polar surface area (TPSA) is 71.4 Å². The fraction of sp³-hybridized carbons (Fsp3) is 0.211. The van der Waals surface area contributed by atoms with Crippen LogP contribution in [0.3, 0.4) is 0 Å². The second kappa shape index (κ2) is 6.39. The van der Waals surface area contributed by atoms with E-state index < -0.39 is 17.8 Å². The van der Waals surface area contributed by atoms with Crippen molar-refractivity contribution in [2.75, 3.05) is 0 Å². The van der Waals surface area contributed by atoms with E-state index in [-0.39, 0.29) is 12.1 Å². The van der Waals surface area contributed by atoms with Gasteiger partial charge in [0.1, 0.15) is 5.57 Å². The van der Waals surface area contributed by atoms with Gasteiger partial charge in [-0.3, -0.25) is 19.8 Å². The van der Waals surface area contributed by atoms with Gasteiger partial charge >= 0.3 is 6.03 Å². The van der Waals surface area contributed by atoms with Gasteiger partial charge in [-0.1, -0.05) is 30.3 Å². The van der Waals surface area contributed by atoms with Gasteiger partial charge in [0.15, 0.2) is 0 Å². The maximum atomic E-state index is 12.7. The first-order chi connectivity index (χ1) is 11.9. The molecule has 0 unspecified atom stereocenters. The van der Waals surface area contributed by atoms with E-state index in [0.717, 1.165) is 27.4 Å². The first-order valence-corrected chi connectivity index (χ1v) is 7.94. The Kier molecular flexibility index (Phi) is 4.27. The number of amides is 4. The molecule has 0 aliphatic carbocycles. The lowest BCUT2D eigenvalue weighted by Crippen LogP contribution is -2.53. The fourth-order valence-corrected chi connectivity index (χ4v) is 2.79. The lowest BCUT2D eigenvalue weighted by Gasteiger charge is -2.26. The van der Waals surface area contributed by atoms with Crippen LogP contribution in [0.2, 0.25) is 0 Å². The van der Waals surface area contributed by atoms with Gasteiger partial charge in [-0.05, 0) is 37.1 Å². The molecule has 1 aliphatic heterocycles. The van der Waals surface area contributed by atoms with Crippen molar-refractivity contribution in [3.63, 3.8) is 0 Å². The maximum absolute atomic E-state index is 12.7. The summed E-state index contributed by atoms with van der Waals surface area (Å²) < 4.78 is 1.98. The van der Waals surface area contributed by atoms with Crippen molar-refractivity contribution in [3.05, 3.63) is 64.5 Å². The second-order valence-corrected chi connectivity index (χ2v) is 6.08. The van der Waals surface area contributed by atoms with Crippen LogP contribution in [-0.2, 0) is 23.2 Å². The molecule has 0 spiro atoms. The number of aromatic nitrogens is 1. The summed E-state index contributed by atoms with van der Waals surface area (Å²) >= 11 is 0. The summed E-state index contributed by atoms with van der Waals surface area (Å²) in [7, 11) is 1.92. The van der Waals surface area contributed by atoms with Gasteiger partial charge in [-0.15, -0.1) is 0 Å². The van der Waals surface area contributed by atoms with Crippen LogP contribution >= 0.6 is 0 Å². The van der Waals surface area contributed by atoms with Crippen LogP contribution in [0.15, 0.2) is 42.0 Å². The highest BCUT2D eigenvalue weighted by Gasteiger charge is 2.35. The van der Waals surface area contributed by atoms with Crippen molar-refractivity contribution in [3.8, 4) is 0 Å². The average Bonchev–Trinajstić information content (AvgIpc) is 2.83. The Labute approximate surface area is 145 Å². The van der Waals surface area contributed by atoms with Crippen LogP contribution in [0.4, 0.5) is 4.79 Å². The summed E-state index contributed by atoms with van der Waals surface area (Å²) in [5.74, 6) is -1.25. The van der Waals surface area contributed by atoms with Gasteiger partial charge in [0.05, 0.1) is 6.54 Å². The van der Waals surface area contributed by atoms with Gasteiger partial charge in [-0.2, -0.15) is 0 Å². The lowest BCUT2D eigenvalue weighted by molar-refractivity contribution is -0.130. The molecule has 1 N–H and O–H groups in total. The van der Waals surface area contributed by atoms with Gasteiger partial charge in [-0.25, -0.2) is 4.79 Å². The molecule has 1 saturated heterocycles. The number of barbiturate groups is 1. The minimum absolute atomic E-state index is 0.0377. The summed E-state index contributed by atoms with van der Waals surface area (Å²) in [5, 5.41) is 2.24. The Balaban J connectivity index is 1.95. The van der Waals surface area contributed by atoms with Crippen molar-refractivity contribution in [2.24, 2.45) is 7.05 Å². The number of imide groups is 2. The van der Waals surface area contributed by atoms with E-state index in [2.05, 4.69) is 5.32 Å². The highest BCUT2D eigenvalue weighted by atomic mass is 16.2. The molecule has 0 atom stereocenters. The molecule has 0 radical (unpaired) electrons. The maximum Gasteiger partial charge on any atom is 0.331 e. The van der Waals surface area contributed by atoms with E-state index in [9.17, 15) is 14.4 Å². The molecule has 6 heteroatoms. The molecule has 1 fully saturated rings. The lowest BCUT2D eigenvalue weighted by atomic mass is 10.1. The number of benzene rings is 1. The summed E-state index contributed by atoms with van der Waals surface area (Å²) in [6, 6.07) is 10.4. The molecule has 1 aromatic heterocycles. The zero-order valence-corrected chi connectivity index (χ0v) is 14.4. The molecule has 25 heavy (non-hydrogen) atoms. The molecule has 1 aromatic carbocycles. The third kappa shape index (κ3) is 3.10.